The largest absolute Gasteiger partial charge is 0.750 e. The molecule has 0 saturated heterocycles. The maximum atomic E-state index is 10.4. The standard InChI is InChI=1S/C13H13Cl3N4O3S/c1-8-3-4-10(9(14)7-8)20(5-2-6-23-24(21)22)13-18-11(15)17-12(16)19-13/h3-4,7H,2,5-6H2,1H3,(H,21,22)/p-1. The second kappa shape index (κ2) is 8.89. The van der Waals surface area contributed by atoms with E-state index in [0.29, 0.717) is 23.7 Å². The van der Waals surface area contributed by atoms with Gasteiger partial charge in [-0.3, -0.25) is 0 Å². The number of aryl methyl sites for hydroxylation is 1. The molecule has 1 aromatic heterocycles. The second-order valence-corrected chi connectivity index (χ2v) is 6.39. The van der Waals surface area contributed by atoms with E-state index in [4.69, 9.17) is 34.8 Å². The molecule has 2 aromatic rings. The van der Waals surface area contributed by atoms with Crippen molar-refractivity contribution < 1.29 is 12.9 Å². The van der Waals surface area contributed by atoms with Gasteiger partial charge in [-0.1, -0.05) is 17.7 Å². The molecule has 11 heteroatoms. The third-order valence-corrected chi connectivity index (χ3v) is 3.91. The third kappa shape index (κ3) is 5.51. The van der Waals surface area contributed by atoms with Crippen molar-refractivity contribution in [2.45, 2.75) is 13.3 Å². The highest BCUT2D eigenvalue weighted by atomic mass is 35.5. The molecule has 130 valence electrons. The molecule has 0 spiro atoms. The lowest BCUT2D eigenvalue weighted by Gasteiger charge is -2.24. The molecule has 0 aliphatic carbocycles. The molecule has 1 atom stereocenters. The normalized spacial score (nSPS) is 12.2. The molecule has 0 bridgehead atoms. The third-order valence-electron chi connectivity index (χ3n) is 2.91. The molecule has 24 heavy (non-hydrogen) atoms. The van der Waals surface area contributed by atoms with E-state index in [1.165, 1.54) is 0 Å². The van der Waals surface area contributed by atoms with Gasteiger partial charge in [0.1, 0.15) is 0 Å². The number of hydrogen-bond acceptors (Lipinski definition) is 7. The lowest BCUT2D eigenvalue weighted by molar-refractivity contribution is 0.297. The first kappa shape index (κ1) is 19.3. The highest BCUT2D eigenvalue weighted by Gasteiger charge is 2.17. The Morgan fingerprint density at radius 3 is 2.46 bits per heavy atom. The number of benzene rings is 1. The smallest absolute Gasteiger partial charge is 0.235 e. The minimum Gasteiger partial charge on any atom is -0.750 e. The van der Waals surface area contributed by atoms with Crippen LogP contribution in [0, 0.1) is 6.92 Å². The summed E-state index contributed by atoms with van der Waals surface area (Å²) >= 11 is 15.4. The summed E-state index contributed by atoms with van der Waals surface area (Å²) in [6.07, 6.45) is 0.374. The Bertz CT molecular complexity index is 730. The minimum atomic E-state index is -2.56. The van der Waals surface area contributed by atoms with Crippen molar-refractivity contribution in [1.82, 2.24) is 15.0 Å². The zero-order valence-corrected chi connectivity index (χ0v) is 15.5. The van der Waals surface area contributed by atoms with E-state index in [9.17, 15) is 8.76 Å². The quantitative estimate of drug-likeness (QED) is 0.509. The summed E-state index contributed by atoms with van der Waals surface area (Å²) in [5.74, 6) is 0.203. The molecule has 1 unspecified atom stereocenters. The molecule has 0 radical (unpaired) electrons. The van der Waals surface area contributed by atoms with Crippen LogP contribution in [0.2, 0.25) is 15.6 Å². The molecular weight excluding hydrogens is 399 g/mol. The lowest BCUT2D eigenvalue weighted by atomic mass is 10.2. The van der Waals surface area contributed by atoms with Crippen LogP contribution in [0.1, 0.15) is 12.0 Å². The molecule has 0 saturated carbocycles. The van der Waals surface area contributed by atoms with Crippen LogP contribution in [0.4, 0.5) is 11.6 Å². The van der Waals surface area contributed by atoms with Crippen LogP contribution in [0.5, 0.6) is 0 Å². The van der Waals surface area contributed by atoms with Gasteiger partial charge in [0.05, 0.1) is 28.7 Å². The summed E-state index contributed by atoms with van der Waals surface area (Å²) in [7, 11) is 0. The Kier molecular flexibility index (Phi) is 7.15. The fraction of sp³-hybridized carbons (Fsp3) is 0.308. The Hall–Kier alpha value is -1.03. The first-order chi connectivity index (χ1) is 11.4. The second-order valence-electron chi connectivity index (χ2n) is 4.66. The summed E-state index contributed by atoms with van der Waals surface area (Å²) in [6.45, 7) is 2.24. The molecule has 7 nitrogen and oxygen atoms in total. The SMILES string of the molecule is Cc1ccc(N(CCCOS(=O)[O-])c2nc(Cl)nc(Cl)n2)c(Cl)c1. The van der Waals surface area contributed by atoms with Gasteiger partial charge in [0.25, 0.3) is 0 Å². The van der Waals surface area contributed by atoms with Gasteiger partial charge in [-0.15, -0.1) is 0 Å². The predicted octanol–water partition coefficient (Wildman–Crippen LogP) is 3.48. The van der Waals surface area contributed by atoms with Crippen molar-refractivity contribution in [2.24, 2.45) is 0 Å². The van der Waals surface area contributed by atoms with Crippen LogP contribution in [-0.2, 0) is 15.5 Å². The van der Waals surface area contributed by atoms with E-state index in [1.54, 1.807) is 17.0 Å². The Morgan fingerprint density at radius 2 is 1.88 bits per heavy atom. The Labute approximate surface area is 156 Å². The first-order valence-corrected chi connectivity index (χ1v) is 8.83. The number of nitrogens with zero attached hydrogens (tertiary/aromatic N) is 4. The van der Waals surface area contributed by atoms with Gasteiger partial charge in [-0.2, -0.15) is 15.0 Å². The van der Waals surface area contributed by atoms with E-state index in [1.807, 2.05) is 13.0 Å². The van der Waals surface area contributed by atoms with Crippen LogP contribution in [0.15, 0.2) is 18.2 Å². The lowest BCUT2D eigenvalue weighted by Crippen LogP contribution is -2.23. The summed E-state index contributed by atoms with van der Waals surface area (Å²) < 4.78 is 25.4. The molecule has 0 aliphatic heterocycles. The van der Waals surface area contributed by atoms with Gasteiger partial charge >= 0.3 is 0 Å². The summed E-state index contributed by atoms with van der Waals surface area (Å²) in [5, 5.41) is 0.362. The molecule has 0 N–H and O–H groups in total. The summed E-state index contributed by atoms with van der Waals surface area (Å²) in [6, 6.07) is 5.47. The monoisotopic (exact) mass is 409 g/mol. The first-order valence-electron chi connectivity index (χ1n) is 6.70. The number of anilines is 2. The van der Waals surface area contributed by atoms with Crippen LogP contribution in [0.3, 0.4) is 0 Å². The van der Waals surface area contributed by atoms with E-state index in [2.05, 4.69) is 19.1 Å². The van der Waals surface area contributed by atoms with Crippen LogP contribution < -0.4 is 4.90 Å². The molecule has 0 amide bonds. The fourth-order valence-corrected chi connectivity index (χ4v) is 2.89. The van der Waals surface area contributed by atoms with Gasteiger partial charge in [0.15, 0.2) is 0 Å². The topological polar surface area (TPSA) is 91.3 Å². The summed E-state index contributed by atoms with van der Waals surface area (Å²) in [4.78, 5) is 13.5. The predicted molar refractivity (Wildman–Crippen MR) is 92.5 cm³/mol. The highest BCUT2D eigenvalue weighted by molar-refractivity contribution is 7.74. The molecule has 1 heterocycles. The van der Waals surface area contributed by atoms with Gasteiger partial charge < -0.3 is 13.6 Å². The average Bonchev–Trinajstić information content (AvgIpc) is 2.47. The molecular formula is C13H12Cl3N4O3S-. The Morgan fingerprint density at radius 1 is 1.21 bits per heavy atom. The van der Waals surface area contributed by atoms with Crippen molar-refractivity contribution in [3.8, 4) is 0 Å². The van der Waals surface area contributed by atoms with Gasteiger partial charge in [0.2, 0.25) is 16.5 Å². The molecule has 0 fully saturated rings. The van der Waals surface area contributed by atoms with E-state index >= 15 is 0 Å². The zero-order valence-electron chi connectivity index (χ0n) is 12.4. The van der Waals surface area contributed by atoms with Crippen LogP contribution in [0.25, 0.3) is 0 Å². The van der Waals surface area contributed by atoms with Gasteiger partial charge in [0, 0.05) is 6.54 Å². The Balaban J connectivity index is 2.31. The summed E-state index contributed by atoms with van der Waals surface area (Å²) in [5.41, 5.74) is 1.62. The van der Waals surface area contributed by atoms with Crippen molar-refractivity contribution in [3.63, 3.8) is 0 Å². The zero-order chi connectivity index (χ0) is 17.7. The van der Waals surface area contributed by atoms with Crippen molar-refractivity contribution >= 4 is 57.8 Å². The van der Waals surface area contributed by atoms with Crippen molar-refractivity contribution in [3.05, 3.63) is 39.4 Å². The molecule has 2 rings (SSSR count). The van der Waals surface area contributed by atoms with Crippen molar-refractivity contribution in [1.29, 1.82) is 0 Å². The van der Waals surface area contributed by atoms with Gasteiger partial charge in [-0.25, -0.2) is 4.21 Å². The van der Waals surface area contributed by atoms with Crippen LogP contribution >= 0.6 is 34.8 Å². The molecule has 1 aromatic carbocycles. The van der Waals surface area contributed by atoms with Crippen LogP contribution in [-0.4, -0.2) is 36.9 Å². The average molecular weight is 411 g/mol. The number of rotatable bonds is 7. The van der Waals surface area contributed by atoms with E-state index in [-0.39, 0.29) is 23.1 Å². The van der Waals surface area contributed by atoms with E-state index < -0.39 is 11.4 Å². The number of hydrogen-bond donors (Lipinski definition) is 0. The van der Waals surface area contributed by atoms with Gasteiger partial charge in [-0.05, 0) is 54.2 Å². The minimum absolute atomic E-state index is 0.00262. The fourth-order valence-electron chi connectivity index (χ4n) is 1.95. The molecule has 0 aliphatic rings. The maximum Gasteiger partial charge on any atom is 0.235 e. The maximum absolute atomic E-state index is 10.4. The highest BCUT2D eigenvalue weighted by Crippen LogP contribution is 2.31. The van der Waals surface area contributed by atoms with E-state index in [0.717, 1.165) is 5.56 Å². The number of halogens is 3. The number of aromatic nitrogens is 3. The van der Waals surface area contributed by atoms with Crippen molar-refractivity contribution in [2.75, 3.05) is 18.1 Å².